The van der Waals surface area contributed by atoms with Gasteiger partial charge in [0, 0.05) is 24.7 Å². The average molecular weight is 272 g/mol. The van der Waals surface area contributed by atoms with Crippen LogP contribution in [0.15, 0.2) is 24.3 Å². The highest BCUT2D eigenvalue weighted by atomic mass is 16.2. The van der Waals surface area contributed by atoms with Crippen molar-refractivity contribution in [1.29, 1.82) is 0 Å². The number of nitrogen functional groups attached to an aromatic ring is 1. The molecule has 2 fully saturated rings. The SMILES string of the molecule is Nc1ccccc1CCC(=O)N1CCC2CCCCC21. The van der Waals surface area contributed by atoms with E-state index in [-0.39, 0.29) is 0 Å². The number of carbonyl (C=O) groups is 1. The van der Waals surface area contributed by atoms with Crippen molar-refractivity contribution in [2.45, 2.75) is 51.0 Å². The maximum Gasteiger partial charge on any atom is 0.223 e. The molecule has 0 bridgehead atoms. The molecule has 1 heterocycles. The van der Waals surface area contributed by atoms with Crippen LogP contribution in [0, 0.1) is 5.92 Å². The third-order valence-corrected chi connectivity index (χ3v) is 4.99. The number of hydrogen-bond donors (Lipinski definition) is 1. The van der Waals surface area contributed by atoms with Crippen LogP contribution < -0.4 is 5.73 Å². The summed E-state index contributed by atoms with van der Waals surface area (Å²) in [6, 6.07) is 8.39. The second kappa shape index (κ2) is 5.86. The summed E-state index contributed by atoms with van der Waals surface area (Å²) in [5, 5.41) is 0. The summed E-state index contributed by atoms with van der Waals surface area (Å²) >= 11 is 0. The number of rotatable bonds is 3. The normalized spacial score (nSPS) is 25.5. The molecule has 2 atom stereocenters. The lowest BCUT2D eigenvalue weighted by Crippen LogP contribution is -2.39. The molecule has 0 aromatic heterocycles. The average Bonchev–Trinajstić information content (AvgIpc) is 2.90. The van der Waals surface area contributed by atoms with E-state index in [0.717, 1.165) is 30.1 Å². The molecular formula is C17H24N2O. The van der Waals surface area contributed by atoms with Gasteiger partial charge in [0.2, 0.25) is 5.91 Å². The van der Waals surface area contributed by atoms with E-state index < -0.39 is 0 Å². The first-order valence-corrected chi connectivity index (χ1v) is 7.88. The number of aryl methyl sites for hydroxylation is 1. The van der Waals surface area contributed by atoms with Gasteiger partial charge in [-0.15, -0.1) is 0 Å². The number of para-hydroxylation sites is 1. The van der Waals surface area contributed by atoms with Gasteiger partial charge in [-0.1, -0.05) is 31.0 Å². The molecule has 1 amide bonds. The van der Waals surface area contributed by atoms with Crippen LogP contribution in [0.2, 0.25) is 0 Å². The second-order valence-corrected chi connectivity index (χ2v) is 6.19. The summed E-state index contributed by atoms with van der Waals surface area (Å²) in [5.74, 6) is 1.09. The van der Waals surface area contributed by atoms with Crippen LogP contribution in [0.25, 0.3) is 0 Å². The molecule has 0 spiro atoms. The number of hydrogen-bond acceptors (Lipinski definition) is 2. The van der Waals surface area contributed by atoms with E-state index in [9.17, 15) is 4.79 Å². The van der Waals surface area contributed by atoms with Crippen LogP contribution in [0.3, 0.4) is 0 Å². The fourth-order valence-electron chi connectivity index (χ4n) is 3.86. The third kappa shape index (κ3) is 2.67. The van der Waals surface area contributed by atoms with Crippen LogP contribution in [0.1, 0.15) is 44.1 Å². The van der Waals surface area contributed by atoms with Crippen molar-refractivity contribution in [3.8, 4) is 0 Å². The number of amides is 1. The molecule has 1 aliphatic carbocycles. The van der Waals surface area contributed by atoms with Crippen LogP contribution in [0.4, 0.5) is 5.69 Å². The van der Waals surface area contributed by atoms with Gasteiger partial charge in [0.15, 0.2) is 0 Å². The topological polar surface area (TPSA) is 46.3 Å². The Morgan fingerprint density at radius 1 is 1.20 bits per heavy atom. The fraction of sp³-hybridized carbons (Fsp3) is 0.588. The van der Waals surface area contributed by atoms with Gasteiger partial charge < -0.3 is 10.6 Å². The molecule has 3 nitrogen and oxygen atoms in total. The number of benzene rings is 1. The van der Waals surface area contributed by atoms with E-state index >= 15 is 0 Å². The lowest BCUT2D eigenvalue weighted by atomic mass is 9.85. The molecule has 20 heavy (non-hydrogen) atoms. The first-order valence-electron chi connectivity index (χ1n) is 7.88. The zero-order valence-corrected chi connectivity index (χ0v) is 12.1. The summed E-state index contributed by atoms with van der Waals surface area (Å²) < 4.78 is 0. The summed E-state index contributed by atoms with van der Waals surface area (Å²) in [5.41, 5.74) is 7.84. The Morgan fingerprint density at radius 2 is 2.00 bits per heavy atom. The molecule has 1 aliphatic heterocycles. The van der Waals surface area contributed by atoms with Gasteiger partial charge in [0.25, 0.3) is 0 Å². The smallest absolute Gasteiger partial charge is 0.223 e. The van der Waals surface area contributed by atoms with Crippen molar-refractivity contribution in [2.75, 3.05) is 12.3 Å². The third-order valence-electron chi connectivity index (χ3n) is 4.99. The summed E-state index contributed by atoms with van der Waals surface area (Å²) in [6.07, 6.45) is 7.74. The maximum atomic E-state index is 12.5. The van der Waals surface area contributed by atoms with E-state index in [1.807, 2.05) is 24.3 Å². The highest BCUT2D eigenvalue weighted by Gasteiger charge is 2.37. The van der Waals surface area contributed by atoms with Gasteiger partial charge in [-0.25, -0.2) is 0 Å². The van der Waals surface area contributed by atoms with Gasteiger partial charge in [-0.3, -0.25) is 4.79 Å². The van der Waals surface area contributed by atoms with Crippen molar-refractivity contribution in [3.63, 3.8) is 0 Å². The predicted molar refractivity (Wildman–Crippen MR) is 81.3 cm³/mol. The van der Waals surface area contributed by atoms with Crippen molar-refractivity contribution >= 4 is 11.6 Å². The predicted octanol–water partition coefficient (Wildman–Crippen LogP) is 2.99. The van der Waals surface area contributed by atoms with E-state index in [1.165, 1.54) is 32.1 Å². The molecule has 3 rings (SSSR count). The standard InChI is InChI=1S/C17H24N2O/c18-15-7-3-1-5-13(15)9-10-17(20)19-12-11-14-6-2-4-8-16(14)19/h1,3,5,7,14,16H,2,4,6,8-12,18H2. The second-order valence-electron chi connectivity index (χ2n) is 6.19. The fourth-order valence-corrected chi connectivity index (χ4v) is 3.86. The van der Waals surface area contributed by atoms with E-state index in [1.54, 1.807) is 0 Å². The monoisotopic (exact) mass is 272 g/mol. The highest BCUT2D eigenvalue weighted by molar-refractivity contribution is 5.77. The number of nitrogens with zero attached hydrogens (tertiary/aromatic N) is 1. The molecule has 0 radical (unpaired) electrons. The molecule has 1 aromatic rings. The summed E-state index contributed by atoms with van der Waals surface area (Å²) in [4.78, 5) is 14.6. The summed E-state index contributed by atoms with van der Waals surface area (Å²) in [7, 11) is 0. The van der Waals surface area contributed by atoms with Crippen molar-refractivity contribution in [3.05, 3.63) is 29.8 Å². The Balaban J connectivity index is 1.58. The lowest BCUT2D eigenvalue weighted by Gasteiger charge is -2.31. The zero-order chi connectivity index (χ0) is 13.9. The van der Waals surface area contributed by atoms with Crippen molar-refractivity contribution in [2.24, 2.45) is 5.92 Å². The number of carbonyl (C=O) groups excluding carboxylic acids is 1. The van der Waals surface area contributed by atoms with Gasteiger partial charge in [-0.2, -0.15) is 0 Å². The number of nitrogens with two attached hydrogens (primary N) is 1. The highest BCUT2D eigenvalue weighted by Crippen LogP contribution is 2.36. The number of fused-ring (bicyclic) bond motifs is 1. The lowest BCUT2D eigenvalue weighted by molar-refractivity contribution is -0.132. The van der Waals surface area contributed by atoms with Gasteiger partial charge in [0.05, 0.1) is 0 Å². The number of anilines is 1. The Morgan fingerprint density at radius 3 is 2.85 bits per heavy atom. The molecular weight excluding hydrogens is 248 g/mol. The molecule has 2 N–H and O–H groups in total. The Kier molecular flexibility index (Phi) is 3.95. The first-order chi connectivity index (χ1) is 9.75. The van der Waals surface area contributed by atoms with Crippen molar-refractivity contribution in [1.82, 2.24) is 4.90 Å². The molecule has 1 aromatic carbocycles. The minimum absolute atomic E-state index is 0.322. The largest absolute Gasteiger partial charge is 0.399 e. The van der Waals surface area contributed by atoms with E-state index in [2.05, 4.69) is 4.90 Å². The molecule has 1 saturated carbocycles. The van der Waals surface area contributed by atoms with Crippen LogP contribution in [0.5, 0.6) is 0 Å². The first kappa shape index (κ1) is 13.5. The Hall–Kier alpha value is -1.51. The van der Waals surface area contributed by atoms with Gasteiger partial charge >= 0.3 is 0 Å². The number of likely N-dealkylation sites (tertiary alicyclic amines) is 1. The van der Waals surface area contributed by atoms with Gasteiger partial charge in [0.1, 0.15) is 0 Å². The quantitative estimate of drug-likeness (QED) is 0.860. The zero-order valence-electron chi connectivity index (χ0n) is 12.1. The summed E-state index contributed by atoms with van der Waals surface area (Å²) in [6.45, 7) is 0.971. The molecule has 2 aliphatic rings. The Bertz CT molecular complexity index is 486. The van der Waals surface area contributed by atoms with Crippen molar-refractivity contribution < 1.29 is 4.79 Å². The maximum absolute atomic E-state index is 12.5. The molecule has 3 heteroatoms. The Labute approximate surface area is 121 Å². The molecule has 1 saturated heterocycles. The van der Waals surface area contributed by atoms with Crippen LogP contribution in [-0.4, -0.2) is 23.4 Å². The van der Waals surface area contributed by atoms with Gasteiger partial charge in [-0.05, 0) is 43.2 Å². The van der Waals surface area contributed by atoms with E-state index in [0.29, 0.717) is 18.4 Å². The minimum atomic E-state index is 0.322. The molecule has 108 valence electrons. The van der Waals surface area contributed by atoms with Crippen LogP contribution in [-0.2, 0) is 11.2 Å². The minimum Gasteiger partial charge on any atom is -0.399 e. The molecule has 2 unspecified atom stereocenters. The van der Waals surface area contributed by atoms with Crippen LogP contribution >= 0.6 is 0 Å². The van der Waals surface area contributed by atoms with E-state index in [4.69, 9.17) is 5.73 Å².